The maximum Gasteiger partial charge on any atom is 0.132 e. The lowest BCUT2D eigenvalue weighted by Crippen LogP contribution is -2.63. The van der Waals surface area contributed by atoms with Crippen LogP contribution in [0, 0.1) is 0 Å². The second kappa shape index (κ2) is 5.63. The Morgan fingerprint density at radius 2 is 1.75 bits per heavy atom. The Morgan fingerprint density at radius 1 is 1.19 bits per heavy atom. The number of ether oxygens (including phenoxy) is 1. The van der Waals surface area contributed by atoms with Gasteiger partial charge in [-0.2, -0.15) is 0 Å². The zero-order chi connectivity index (χ0) is 12.5. The summed E-state index contributed by atoms with van der Waals surface area (Å²) in [5.41, 5.74) is 5.01. The van der Waals surface area contributed by atoms with Crippen LogP contribution in [0.25, 0.3) is 0 Å². The molecule has 6 nitrogen and oxygen atoms in total. The Labute approximate surface area is 98.4 Å². The van der Waals surface area contributed by atoms with Crippen LogP contribution in [0.5, 0.6) is 0 Å². The zero-order valence-corrected chi connectivity index (χ0v) is 10.0. The quantitative estimate of drug-likeness (QED) is 0.390. The average molecular weight is 253 g/mol. The zero-order valence-electron chi connectivity index (χ0n) is 9.22. The van der Waals surface area contributed by atoms with Crippen molar-refractivity contribution in [2.45, 2.75) is 48.9 Å². The fourth-order valence-electron chi connectivity index (χ4n) is 1.66. The first-order chi connectivity index (χ1) is 7.40. The molecule has 1 fully saturated rings. The molecule has 1 aliphatic rings. The minimum absolute atomic E-state index is 0.659. The van der Waals surface area contributed by atoms with Gasteiger partial charge in [0.15, 0.2) is 0 Å². The van der Waals surface area contributed by atoms with Gasteiger partial charge in [0.2, 0.25) is 0 Å². The predicted octanol–water partition coefficient (Wildman–Crippen LogP) is -2.13. The molecule has 0 bridgehead atoms. The minimum Gasteiger partial charge on any atom is -0.392 e. The van der Waals surface area contributed by atoms with E-state index >= 15 is 0 Å². The molecule has 16 heavy (non-hydrogen) atoms. The Kier molecular flexibility index (Phi) is 4.99. The van der Waals surface area contributed by atoms with Crippen LogP contribution < -0.4 is 5.73 Å². The van der Waals surface area contributed by atoms with Crippen molar-refractivity contribution in [2.75, 3.05) is 6.26 Å². The second-order valence-corrected chi connectivity index (χ2v) is 4.93. The van der Waals surface area contributed by atoms with E-state index in [1.165, 1.54) is 18.7 Å². The summed E-state index contributed by atoms with van der Waals surface area (Å²) >= 11 is 1.21. The second-order valence-electron chi connectivity index (χ2n) is 3.99. The third-order valence-electron chi connectivity index (χ3n) is 2.78. The van der Waals surface area contributed by atoms with E-state index in [0.29, 0.717) is 0 Å². The molecule has 0 spiro atoms. The third-order valence-corrected chi connectivity index (χ3v) is 3.63. The fraction of sp³-hybridized carbons (Fsp3) is 1.00. The summed E-state index contributed by atoms with van der Waals surface area (Å²) in [6.07, 6.45) is -3.84. The van der Waals surface area contributed by atoms with Gasteiger partial charge in [-0.3, -0.25) is 0 Å². The van der Waals surface area contributed by atoms with Gasteiger partial charge in [0, 0.05) is 0 Å². The van der Waals surface area contributed by atoms with E-state index in [2.05, 4.69) is 0 Å². The molecule has 0 aliphatic carbocycles. The number of hydrogen-bond acceptors (Lipinski definition) is 7. The number of aliphatic hydroxyl groups excluding tert-OH is 4. The highest BCUT2D eigenvalue weighted by Crippen LogP contribution is 2.28. The number of nitrogens with two attached hydrogens (primary N) is 1. The molecular weight excluding hydrogens is 234 g/mol. The Balaban J connectivity index is 2.78. The van der Waals surface area contributed by atoms with Crippen LogP contribution in [0.4, 0.5) is 0 Å². The van der Waals surface area contributed by atoms with Crippen molar-refractivity contribution < 1.29 is 25.2 Å². The van der Waals surface area contributed by atoms with Crippen molar-refractivity contribution in [3.63, 3.8) is 0 Å². The maximum atomic E-state index is 9.71. The lowest BCUT2D eigenvalue weighted by atomic mass is 9.93. The summed E-state index contributed by atoms with van der Waals surface area (Å²) in [6.45, 7) is 1.48. The van der Waals surface area contributed by atoms with E-state index in [1.54, 1.807) is 6.26 Å². The summed E-state index contributed by atoms with van der Waals surface area (Å²) in [4.78, 5) is 0. The van der Waals surface area contributed by atoms with Crippen LogP contribution in [0.3, 0.4) is 0 Å². The molecule has 1 rings (SSSR count). The molecule has 0 aromatic carbocycles. The molecule has 0 amide bonds. The summed E-state index contributed by atoms with van der Waals surface area (Å²) < 4.78 is 5.37. The molecule has 7 heteroatoms. The molecular formula is C9H19NO5S. The molecule has 1 aliphatic heterocycles. The summed E-state index contributed by atoms with van der Waals surface area (Å²) in [5, 5.41) is 38.2. The largest absolute Gasteiger partial charge is 0.392 e. The molecule has 0 radical (unpaired) electrons. The molecule has 96 valence electrons. The van der Waals surface area contributed by atoms with Gasteiger partial charge in [0.1, 0.15) is 29.9 Å². The fourth-order valence-corrected chi connectivity index (χ4v) is 2.34. The van der Waals surface area contributed by atoms with E-state index in [1.807, 2.05) is 0 Å². The van der Waals surface area contributed by atoms with E-state index < -0.39 is 42.0 Å². The van der Waals surface area contributed by atoms with Crippen LogP contribution in [-0.4, -0.2) is 68.7 Å². The summed E-state index contributed by atoms with van der Waals surface area (Å²) in [7, 11) is 0. The Hall–Kier alpha value is 0.110. The van der Waals surface area contributed by atoms with Gasteiger partial charge in [-0.05, 0) is 13.2 Å². The summed E-state index contributed by atoms with van der Waals surface area (Å²) in [6, 6.07) is -0.813. The standard InChI is InChI=1S/C9H19NO5S/c1-3(11)4(10)8-6(13)5(12)7(14)9(15-8)16-2/h3-9,11-14H,10H2,1-2H3/t3-,4-,5-,6+,7+,8?,9+/m0/s1. The van der Waals surface area contributed by atoms with Crippen LogP contribution in [0.2, 0.25) is 0 Å². The Bertz CT molecular complexity index is 228. The van der Waals surface area contributed by atoms with E-state index in [4.69, 9.17) is 10.5 Å². The van der Waals surface area contributed by atoms with Crippen molar-refractivity contribution in [2.24, 2.45) is 5.73 Å². The highest BCUT2D eigenvalue weighted by molar-refractivity contribution is 7.99. The van der Waals surface area contributed by atoms with E-state index in [9.17, 15) is 20.4 Å². The minimum atomic E-state index is -1.32. The molecule has 0 aromatic heterocycles. The number of aliphatic hydroxyl groups is 4. The van der Waals surface area contributed by atoms with E-state index in [-0.39, 0.29) is 0 Å². The van der Waals surface area contributed by atoms with Crippen molar-refractivity contribution in [3.8, 4) is 0 Å². The topological polar surface area (TPSA) is 116 Å². The lowest BCUT2D eigenvalue weighted by molar-refractivity contribution is -0.207. The SMILES string of the molecule is CS[C@H]1OC([C@@H](N)[C@H](C)O)[C@H](O)[C@H](O)[C@H]1O. The summed E-state index contributed by atoms with van der Waals surface area (Å²) in [5.74, 6) is 0. The first-order valence-corrected chi connectivity index (χ1v) is 6.35. The number of rotatable bonds is 3. The van der Waals surface area contributed by atoms with Crippen molar-refractivity contribution in [1.82, 2.24) is 0 Å². The first kappa shape index (κ1) is 14.2. The first-order valence-electron chi connectivity index (χ1n) is 5.06. The van der Waals surface area contributed by atoms with E-state index in [0.717, 1.165) is 0 Å². The monoisotopic (exact) mass is 253 g/mol. The van der Waals surface area contributed by atoms with Gasteiger partial charge in [-0.1, -0.05) is 0 Å². The molecule has 1 saturated heterocycles. The molecule has 1 heterocycles. The van der Waals surface area contributed by atoms with Gasteiger partial charge >= 0.3 is 0 Å². The smallest absolute Gasteiger partial charge is 0.132 e. The van der Waals surface area contributed by atoms with Gasteiger partial charge in [-0.15, -0.1) is 11.8 Å². The average Bonchev–Trinajstić information content (AvgIpc) is 2.25. The molecule has 0 saturated carbocycles. The lowest BCUT2D eigenvalue weighted by Gasteiger charge is -2.42. The highest BCUT2D eigenvalue weighted by atomic mass is 32.2. The van der Waals surface area contributed by atoms with Gasteiger partial charge in [0.05, 0.1) is 12.1 Å². The highest BCUT2D eigenvalue weighted by Gasteiger charge is 2.46. The molecule has 7 atom stereocenters. The van der Waals surface area contributed by atoms with Gasteiger partial charge in [-0.25, -0.2) is 0 Å². The van der Waals surface area contributed by atoms with Crippen LogP contribution in [0.1, 0.15) is 6.92 Å². The molecule has 1 unspecified atom stereocenters. The van der Waals surface area contributed by atoms with Gasteiger partial charge < -0.3 is 30.9 Å². The third kappa shape index (κ3) is 2.67. The van der Waals surface area contributed by atoms with Crippen molar-refractivity contribution in [1.29, 1.82) is 0 Å². The van der Waals surface area contributed by atoms with Crippen molar-refractivity contribution >= 4 is 11.8 Å². The predicted molar refractivity (Wildman–Crippen MR) is 59.9 cm³/mol. The maximum absolute atomic E-state index is 9.71. The number of thioether (sulfide) groups is 1. The number of hydrogen-bond donors (Lipinski definition) is 5. The van der Waals surface area contributed by atoms with Crippen molar-refractivity contribution in [3.05, 3.63) is 0 Å². The molecule has 0 aromatic rings. The molecule has 6 N–H and O–H groups in total. The van der Waals surface area contributed by atoms with Crippen LogP contribution in [-0.2, 0) is 4.74 Å². The van der Waals surface area contributed by atoms with Crippen LogP contribution in [0.15, 0.2) is 0 Å². The normalized spacial score (nSPS) is 44.1. The van der Waals surface area contributed by atoms with Crippen LogP contribution >= 0.6 is 11.8 Å². The Morgan fingerprint density at radius 3 is 2.19 bits per heavy atom. The van der Waals surface area contributed by atoms with Gasteiger partial charge in [0.25, 0.3) is 0 Å².